The zero-order valence-corrected chi connectivity index (χ0v) is 20.3. The van der Waals surface area contributed by atoms with Gasteiger partial charge >= 0.3 is 0 Å². The number of halogens is 1. The van der Waals surface area contributed by atoms with Crippen molar-refractivity contribution in [1.82, 2.24) is 19.9 Å². The van der Waals surface area contributed by atoms with Crippen LogP contribution in [0.25, 0.3) is 0 Å². The highest BCUT2D eigenvalue weighted by Gasteiger charge is 2.62. The summed E-state index contributed by atoms with van der Waals surface area (Å²) in [7, 11) is 3.42. The molecule has 36 heavy (non-hydrogen) atoms. The van der Waals surface area contributed by atoms with Crippen LogP contribution in [0.1, 0.15) is 28.8 Å². The second-order valence-corrected chi connectivity index (χ2v) is 9.97. The first kappa shape index (κ1) is 21.6. The van der Waals surface area contributed by atoms with E-state index in [0.29, 0.717) is 13.1 Å². The summed E-state index contributed by atoms with van der Waals surface area (Å²) < 4.78 is 33.1. The minimum Gasteiger partial charge on any atom is -0.497 e. The number of rotatable bonds is 6. The van der Waals surface area contributed by atoms with E-state index in [1.165, 1.54) is 28.8 Å². The fraction of sp³-hybridized carbons (Fsp3) is 0.357. The molecule has 2 aromatic carbocycles. The van der Waals surface area contributed by atoms with Gasteiger partial charge in [0.1, 0.15) is 11.6 Å². The van der Waals surface area contributed by atoms with Gasteiger partial charge in [-0.3, -0.25) is 4.90 Å². The van der Waals surface area contributed by atoms with Crippen LogP contribution in [0.15, 0.2) is 66.1 Å². The van der Waals surface area contributed by atoms with Crippen molar-refractivity contribution in [2.45, 2.75) is 43.5 Å². The van der Waals surface area contributed by atoms with Crippen molar-refractivity contribution in [2.24, 2.45) is 0 Å². The molecule has 1 spiro atoms. The van der Waals surface area contributed by atoms with Gasteiger partial charge in [0.05, 0.1) is 38.1 Å². The Morgan fingerprint density at radius 1 is 1.08 bits per heavy atom. The highest BCUT2D eigenvalue weighted by Crippen LogP contribution is 2.62. The second-order valence-electron chi connectivity index (χ2n) is 9.97. The summed E-state index contributed by atoms with van der Waals surface area (Å²) in [5.74, 6) is 2.28. The molecule has 1 aromatic heterocycles. The molecule has 4 aliphatic rings. The first-order valence-electron chi connectivity index (χ1n) is 12.3. The lowest BCUT2D eigenvalue weighted by molar-refractivity contribution is 0.0608. The first-order valence-corrected chi connectivity index (χ1v) is 12.3. The van der Waals surface area contributed by atoms with Crippen molar-refractivity contribution in [1.29, 1.82) is 0 Å². The van der Waals surface area contributed by atoms with Crippen molar-refractivity contribution in [2.75, 3.05) is 20.8 Å². The molecule has 3 unspecified atom stereocenters. The van der Waals surface area contributed by atoms with Crippen LogP contribution < -0.4 is 9.47 Å². The minimum atomic E-state index is -0.236. The zero-order chi connectivity index (χ0) is 24.4. The lowest BCUT2D eigenvalue weighted by Crippen LogP contribution is -2.59. The summed E-state index contributed by atoms with van der Waals surface area (Å²) in [5.41, 5.74) is 5.68. The Morgan fingerprint density at radius 2 is 1.94 bits per heavy atom. The molecule has 1 fully saturated rings. The van der Waals surface area contributed by atoms with Crippen LogP contribution in [0.2, 0.25) is 0 Å². The molecule has 7 nitrogen and oxygen atoms in total. The highest BCUT2D eigenvalue weighted by molar-refractivity contribution is 5.67. The SMILES string of the molecule is COC1=CC=C2C3Cc4ccc(OC)c5c4C2(CCN3Cc2cn(Cc3ccc(F)cc3)nn2)C1O5. The molecule has 0 N–H and O–H groups in total. The minimum absolute atomic E-state index is 0.172. The number of likely N-dealkylation sites (tertiary alicyclic amines) is 1. The van der Waals surface area contributed by atoms with Gasteiger partial charge in [-0.2, -0.15) is 0 Å². The Balaban J connectivity index is 1.21. The third-order valence-electron chi connectivity index (χ3n) is 8.21. The Hall–Kier alpha value is -3.65. The second kappa shape index (κ2) is 7.93. The van der Waals surface area contributed by atoms with Gasteiger partial charge in [-0.25, -0.2) is 9.07 Å². The third-order valence-corrected chi connectivity index (χ3v) is 8.21. The monoisotopic (exact) mass is 486 g/mol. The first-order chi connectivity index (χ1) is 17.6. The maximum Gasteiger partial charge on any atom is 0.169 e. The van der Waals surface area contributed by atoms with Crippen LogP contribution in [-0.4, -0.2) is 52.8 Å². The van der Waals surface area contributed by atoms with E-state index >= 15 is 0 Å². The van der Waals surface area contributed by atoms with Gasteiger partial charge in [-0.1, -0.05) is 29.5 Å². The third kappa shape index (κ3) is 3.00. The Bertz CT molecular complexity index is 1410. The molecular weight excluding hydrogens is 459 g/mol. The maximum absolute atomic E-state index is 13.2. The van der Waals surface area contributed by atoms with E-state index < -0.39 is 0 Å². The van der Waals surface area contributed by atoms with Gasteiger partial charge in [-0.15, -0.1) is 5.10 Å². The van der Waals surface area contributed by atoms with Crippen LogP contribution in [0.4, 0.5) is 4.39 Å². The molecule has 0 saturated carbocycles. The number of benzene rings is 2. The molecule has 3 heterocycles. The van der Waals surface area contributed by atoms with Crippen molar-refractivity contribution < 1.29 is 18.6 Å². The summed E-state index contributed by atoms with van der Waals surface area (Å²) in [5, 5.41) is 8.78. The fourth-order valence-corrected chi connectivity index (χ4v) is 6.66. The van der Waals surface area contributed by atoms with E-state index in [1.807, 2.05) is 16.9 Å². The molecule has 2 aliphatic carbocycles. The van der Waals surface area contributed by atoms with E-state index in [2.05, 4.69) is 33.4 Å². The quantitative estimate of drug-likeness (QED) is 0.529. The van der Waals surface area contributed by atoms with E-state index in [4.69, 9.17) is 14.2 Å². The maximum atomic E-state index is 13.2. The standard InChI is InChI=1S/C28H27FN4O3/c1-34-23-9-5-18-13-22-21-8-10-24(35-2)27-28(21,25(18)26(23)36-27)11-12-32(22)15-20-16-33(31-30-20)14-17-3-6-19(29)7-4-17/h3-10,16,22,27H,11-15H2,1-2H3. The number of allylic oxidation sites excluding steroid dienone is 2. The van der Waals surface area contributed by atoms with Crippen molar-refractivity contribution in [3.8, 4) is 11.5 Å². The smallest absolute Gasteiger partial charge is 0.169 e. The van der Waals surface area contributed by atoms with Gasteiger partial charge in [0.2, 0.25) is 0 Å². The Morgan fingerprint density at radius 3 is 2.75 bits per heavy atom. The summed E-state index contributed by atoms with van der Waals surface area (Å²) >= 11 is 0. The molecule has 8 heteroatoms. The molecule has 3 aromatic rings. The molecule has 2 aliphatic heterocycles. The fourth-order valence-electron chi connectivity index (χ4n) is 6.66. The molecule has 1 saturated heterocycles. The van der Waals surface area contributed by atoms with Crippen LogP contribution in [0.3, 0.4) is 0 Å². The van der Waals surface area contributed by atoms with Gasteiger partial charge in [0, 0.05) is 24.7 Å². The predicted molar refractivity (Wildman–Crippen MR) is 130 cm³/mol. The Labute approximate surface area is 208 Å². The van der Waals surface area contributed by atoms with Crippen molar-refractivity contribution in [3.05, 3.63) is 94.3 Å². The highest BCUT2D eigenvalue weighted by atomic mass is 19.1. The van der Waals surface area contributed by atoms with Crippen LogP contribution in [0, 0.1) is 5.82 Å². The Kier molecular flexibility index (Phi) is 4.76. The van der Waals surface area contributed by atoms with E-state index in [-0.39, 0.29) is 23.4 Å². The van der Waals surface area contributed by atoms with Gasteiger partial charge in [-0.05, 0) is 53.8 Å². The average Bonchev–Trinajstić information content (AvgIpc) is 3.48. The summed E-state index contributed by atoms with van der Waals surface area (Å²) in [6, 6.07) is 11.0. The predicted octanol–water partition coefficient (Wildman–Crippen LogP) is 3.77. The largest absolute Gasteiger partial charge is 0.497 e. The summed E-state index contributed by atoms with van der Waals surface area (Å²) in [6.45, 7) is 2.19. The molecule has 7 rings (SSSR count). The molecule has 0 amide bonds. The topological polar surface area (TPSA) is 61.6 Å². The number of nitrogens with zero attached hydrogens (tertiary/aromatic N) is 4. The number of aromatic nitrogens is 3. The van der Waals surface area contributed by atoms with Crippen molar-refractivity contribution in [3.63, 3.8) is 0 Å². The molecule has 3 atom stereocenters. The van der Waals surface area contributed by atoms with Crippen LogP contribution in [-0.2, 0) is 29.7 Å². The molecule has 0 radical (unpaired) electrons. The lowest BCUT2D eigenvalue weighted by atomic mass is 9.57. The van der Waals surface area contributed by atoms with Gasteiger partial charge < -0.3 is 14.2 Å². The lowest BCUT2D eigenvalue weighted by Gasteiger charge is -2.53. The summed E-state index contributed by atoms with van der Waals surface area (Å²) in [4.78, 5) is 2.51. The number of ether oxygens (including phenoxy) is 3. The number of piperidine rings is 1. The summed E-state index contributed by atoms with van der Waals surface area (Å²) in [6.07, 6.45) is 7.98. The molecule has 2 bridgehead atoms. The van der Waals surface area contributed by atoms with Crippen molar-refractivity contribution >= 4 is 0 Å². The van der Waals surface area contributed by atoms with Gasteiger partial charge in [0.25, 0.3) is 0 Å². The van der Waals surface area contributed by atoms with E-state index in [0.717, 1.165) is 47.9 Å². The average molecular weight is 487 g/mol. The normalized spacial score (nSPS) is 25.5. The number of hydrogen-bond acceptors (Lipinski definition) is 6. The van der Waals surface area contributed by atoms with Gasteiger partial charge in [0.15, 0.2) is 17.6 Å². The van der Waals surface area contributed by atoms with Crippen LogP contribution in [0.5, 0.6) is 11.5 Å². The van der Waals surface area contributed by atoms with Crippen LogP contribution >= 0.6 is 0 Å². The number of methoxy groups -OCH3 is 2. The van der Waals surface area contributed by atoms with E-state index in [9.17, 15) is 4.39 Å². The van der Waals surface area contributed by atoms with E-state index in [1.54, 1.807) is 26.4 Å². The molecular formula is C28H27FN4O3. The number of hydrogen-bond donors (Lipinski definition) is 0. The molecule has 184 valence electrons. The zero-order valence-electron chi connectivity index (χ0n) is 20.3.